The van der Waals surface area contributed by atoms with Gasteiger partial charge >= 0.3 is 0 Å². The van der Waals surface area contributed by atoms with Crippen molar-refractivity contribution in [1.29, 1.82) is 0 Å². The summed E-state index contributed by atoms with van der Waals surface area (Å²) in [6.45, 7) is 1.75. The Labute approximate surface area is 110 Å². The molecule has 2 aliphatic rings. The van der Waals surface area contributed by atoms with Crippen LogP contribution in [0.15, 0.2) is 24.4 Å². The van der Waals surface area contributed by atoms with Crippen molar-refractivity contribution in [3.8, 4) is 11.5 Å². The molecule has 1 aromatic carbocycles. The van der Waals surface area contributed by atoms with E-state index in [1.807, 2.05) is 18.2 Å². The number of pyridine rings is 1. The molecule has 5 heteroatoms. The average molecular weight is 258 g/mol. The number of anilines is 1. The number of hydrogen-bond acceptors (Lipinski definition) is 5. The zero-order valence-electron chi connectivity index (χ0n) is 10.4. The van der Waals surface area contributed by atoms with Gasteiger partial charge in [0.25, 0.3) is 0 Å². The summed E-state index contributed by atoms with van der Waals surface area (Å²) in [5, 5.41) is 11.8. The molecule has 0 amide bonds. The summed E-state index contributed by atoms with van der Waals surface area (Å²) >= 11 is 0. The van der Waals surface area contributed by atoms with Crippen LogP contribution in [0.4, 0.5) is 5.82 Å². The maximum atomic E-state index is 9.67. The minimum atomic E-state index is -0.258. The molecule has 1 saturated heterocycles. The van der Waals surface area contributed by atoms with Crippen LogP contribution in [-0.2, 0) is 0 Å². The number of aromatic nitrogens is 1. The molecular weight excluding hydrogens is 244 g/mol. The number of nitrogens with zero attached hydrogens (tertiary/aromatic N) is 2. The molecule has 19 heavy (non-hydrogen) atoms. The number of β-amino-alcohol motifs (C(OH)–C–C–N with tert-alkyl or cyclic N) is 1. The maximum Gasteiger partial charge on any atom is 0.231 e. The van der Waals surface area contributed by atoms with Gasteiger partial charge < -0.3 is 19.5 Å². The second-order valence-corrected chi connectivity index (χ2v) is 4.95. The Morgan fingerprint density at radius 3 is 2.89 bits per heavy atom. The lowest BCUT2D eigenvalue weighted by atomic mass is 10.1. The summed E-state index contributed by atoms with van der Waals surface area (Å²) in [6.07, 6.45) is 2.33. The standard InChI is InChI=1S/C14H14N2O3/c17-10-2-4-16(7-10)14-11-6-13-12(18-8-19-13)5-9(11)1-3-15-14/h1,3,5-6,10,17H,2,4,7-8H2/t10-/m1/s1. The largest absolute Gasteiger partial charge is 0.454 e. The van der Waals surface area contributed by atoms with Gasteiger partial charge in [0.2, 0.25) is 6.79 Å². The molecule has 1 N–H and O–H groups in total. The summed E-state index contributed by atoms with van der Waals surface area (Å²) in [7, 11) is 0. The number of hydrogen-bond donors (Lipinski definition) is 1. The molecule has 0 unspecified atom stereocenters. The Kier molecular flexibility index (Phi) is 2.29. The lowest BCUT2D eigenvalue weighted by molar-refractivity contribution is 0.174. The van der Waals surface area contributed by atoms with Gasteiger partial charge in [-0.05, 0) is 30.0 Å². The van der Waals surface area contributed by atoms with E-state index in [1.165, 1.54) is 0 Å². The SMILES string of the molecule is O[C@@H]1CCN(c2nccc3cc4c(cc23)OCO4)C1. The average Bonchev–Trinajstić information content (AvgIpc) is 3.03. The van der Waals surface area contributed by atoms with Crippen molar-refractivity contribution in [3.05, 3.63) is 24.4 Å². The molecule has 1 atom stereocenters. The van der Waals surface area contributed by atoms with Gasteiger partial charge in [-0.25, -0.2) is 4.98 Å². The molecule has 0 aliphatic carbocycles. The van der Waals surface area contributed by atoms with Crippen molar-refractivity contribution < 1.29 is 14.6 Å². The first-order chi connectivity index (χ1) is 9.31. The molecule has 0 radical (unpaired) electrons. The van der Waals surface area contributed by atoms with Crippen molar-refractivity contribution in [2.45, 2.75) is 12.5 Å². The lowest BCUT2D eigenvalue weighted by Crippen LogP contribution is -2.22. The lowest BCUT2D eigenvalue weighted by Gasteiger charge is -2.18. The van der Waals surface area contributed by atoms with Gasteiger partial charge in [-0.1, -0.05) is 0 Å². The first-order valence-electron chi connectivity index (χ1n) is 6.42. The van der Waals surface area contributed by atoms with Crippen LogP contribution in [-0.4, -0.2) is 36.1 Å². The summed E-state index contributed by atoms with van der Waals surface area (Å²) in [6, 6.07) is 5.92. The predicted molar refractivity (Wildman–Crippen MR) is 70.7 cm³/mol. The van der Waals surface area contributed by atoms with Crippen molar-refractivity contribution in [1.82, 2.24) is 4.98 Å². The van der Waals surface area contributed by atoms with Gasteiger partial charge in [0.15, 0.2) is 11.5 Å². The highest BCUT2D eigenvalue weighted by Gasteiger charge is 2.24. The molecular formula is C14H14N2O3. The highest BCUT2D eigenvalue weighted by Crippen LogP contribution is 2.39. The molecule has 0 bridgehead atoms. The van der Waals surface area contributed by atoms with Gasteiger partial charge in [0.05, 0.1) is 6.10 Å². The first kappa shape index (κ1) is 10.9. The number of aliphatic hydroxyl groups excluding tert-OH is 1. The highest BCUT2D eigenvalue weighted by atomic mass is 16.7. The van der Waals surface area contributed by atoms with Crippen LogP contribution < -0.4 is 14.4 Å². The first-order valence-corrected chi connectivity index (χ1v) is 6.42. The Bertz CT molecular complexity index is 644. The number of aliphatic hydroxyl groups is 1. The third-order valence-corrected chi connectivity index (χ3v) is 3.70. The van der Waals surface area contributed by atoms with Crippen molar-refractivity contribution in [2.24, 2.45) is 0 Å². The van der Waals surface area contributed by atoms with Crippen LogP contribution in [0.2, 0.25) is 0 Å². The molecule has 0 saturated carbocycles. The summed E-state index contributed by atoms with van der Waals surface area (Å²) in [5.74, 6) is 2.46. The second kappa shape index (κ2) is 3.99. The summed E-state index contributed by atoms with van der Waals surface area (Å²) in [5.41, 5.74) is 0. The molecule has 5 nitrogen and oxygen atoms in total. The van der Waals surface area contributed by atoms with Gasteiger partial charge in [-0.3, -0.25) is 0 Å². The van der Waals surface area contributed by atoms with Crippen molar-refractivity contribution >= 4 is 16.6 Å². The molecule has 3 heterocycles. The zero-order valence-corrected chi connectivity index (χ0v) is 10.4. The quantitative estimate of drug-likeness (QED) is 0.840. The van der Waals surface area contributed by atoms with Crippen LogP contribution in [0.3, 0.4) is 0 Å². The third-order valence-electron chi connectivity index (χ3n) is 3.70. The maximum absolute atomic E-state index is 9.67. The van der Waals surface area contributed by atoms with E-state index < -0.39 is 0 Å². The number of fused-ring (bicyclic) bond motifs is 2. The van der Waals surface area contributed by atoms with Crippen LogP contribution in [0.25, 0.3) is 10.8 Å². The second-order valence-electron chi connectivity index (χ2n) is 4.95. The minimum Gasteiger partial charge on any atom is -0.454 e. The topological polar surface area (TPSA) is 54.8 Å². The van der Waals surface area contributed by atoms with Gasteiger partial charge in [-0.15, -0.1) is 0 Å². The minimum absolute atomic E-state index is 0.258. The van der Waals surface area contributed by atoms with E-state index in [1.54, 1.807) is 6.20 Å². The molecule has 0 spiro atoms. The highest BCUT2D eigenvalue weighted by molar-refractivity contribution is 5.94. The smallest absolute Gasteiger partial charge is 0.231 e. The van der Waals surface area contributed by atoms with E-state index in [0.29, 0.717) is 6.54 Å². The predicted octanol–water partition coefficient (Wildman–Crippen LogP) is 1.53. The van der Waals surface area contributed by atoms with Crippen LogP contribution >= 0.6 is 0 Å². The number of benzene rings is 1. The van der Waals surface area contributed by atoms with E-state index in [2.05, 4.69) is 9.88 Å². The van der Waals surface area contributed by atoms with E-state index in [9.17, 15) is 5.11 Å². The fraction of sp³-hybridized carbons (Fsp3) is 0.357. The van der Waals surface area contributed by atoms with Crippen molar-refractivity contribution in [3.63, 3.8) is 0 Å². The Morgan fingerprint density at radius 2 is 2.11 bits per heavy atom. The Hall–Kier alpha value is -2.01. The van der Waals surface area contributed by atoms with Gasteiger partial charge in [-0.2, -0.15) is 0 Å². The van der Waals surface area contributed by atoms with Crippen LogP contribution in [0.1, 0.15) is 6.42 Å². The van der Waals surface area contributed by atoms with E-state index in [4.69, 9.17) is 9.47 Å². The molecule has 2 aromatic rings. The number of rotatable bonds is 1. The molecule has 98 valence electrons. The Balaban J connectivity index is 1.86. The molecule has 1 fully saturated rings. The summed E-state index contributed by atoms with van der Waals surface area (Å²) < 4.78 is 10.8. The fourth-order valence-corrected chi connectivity index (χ4v) is 2.73. The molecule has 4 rings (SSSR count). The van der Waals surface area contributed by atoms with Crippen molar-refractivity contribution in [2.75, 3.05) is 24.8 Å². The third kappa shape index (κ3) is 1.69. The molecule has 1 aromatic heterocycles. The Morgan fingerprint density at radius 1 is 1.26 bits per heavy atom. The monoisotopic (exact) mass is 258 g/mol. The van der Waals surface area contributed by atoms with Gasteiger partial charge in [0.1, 0.15) is 5.82 Å². The zero-order chi connectivity index (χ0) is 12.8. The van der Waals surface area contributed by atoms with Crippen LogP contribution in [0, 0.1) is 0 Å². The van der Waals surface area contributed by atoms with E-state index in [0.717, 1.165) is 41.1 Å². The number of ether oxygens (including phenoxy) is 2. The van der Waals surface area contributed by atoms with E-state index in [-0.39, 0.29) is 12.9 Å². The van der Waals surface area contributed by atoms with E-state index >= 15 is 0 Å². The fourth-order valence-electron chi connectivity index (χ4n) is 2.73. The molecule has 2 aliphatic heterocycles. The van der Waals surface area contributed by atoms with Crippen LogP contribution in [0.5, 0.6) is 11.5 Å². The van der Waals surface area contributed by atoms with Gasteiger partial charge in [0, 0.05) is 24.7 Å². The summed E-state index contributed by atoms with van der Waals surface area (Å²) in [4.78, 5) is 6.59. The normalized spacial score (nSPS) is 21.3.